The molecule has 1 aromatic carbocycles. The first kappa shape index (κ1) is 11.0. The highest BCUT2D eigenvalue weighted by molar-refractivity contribution is 5.21. The van der Waals surface area contributed by atoms with E-state index in [1.165, 1.54) is 0 Å². The Kier molecular flexibility index (Phi) is 3.46. The normalized spacial score (nSPS) is 13.3. The molecule has 0 unspecified atom stereocenters. The highest BCUT2D eigenvalue weighted by Crippen LogP contribution is 2.21. The summed E-state index contributed by atoms with van der Waals surface area (Å²) in [5, 5.41) is 0. The second-order valence-electron chi connectivity index (χ2n) is 2.90. The SMILES string of the molecule is N[C@H](CC(F)F)c1ccc(F)cc1F. The van der Waals surface area contributed by atoms with Crippen molar-refractivity contribution in [2.45, 2.75) is 18.9 Å². The lowest BCUT2D eigenvalue weighted by Gasteiger charge is -2.11. The van der Waals surface area contributed by atoms with Crippen molar-refractivity contribution < 1.29 is 17.6 Å². The van der Waals surface area contributed by atoms with Crippen LogP contribution in [0.4, 0.5) is 17.6 Å². The first-order valence-corrected chi connectivity index (χ1v) is 3.99. The minimum Gasteiger partial charge on any atom is -0.324 e. The van der Waals surface area contributed by atoms with Crippen molar-refractivity contribution in [3.05, 3.63) is 35.4 Å². The van der Waals surface area contributed by atoms with E-state index in [2.05, 4.69) is 0 Å². The third-order valence-electron chi connectivity index (χ3n) is 1.79. The molecule has 0 spiro atoms. The van der Waals surface area contributed by atoms with Gasteiger partial charge >= 0.3 is 0 Å². The monoisotopic (exact) mass is 207 g/mol. The zero-order valence-corrected chi connectivity index (χ0v) is 7.18. The van der Waals surface area contributed by atoms with Crippen LogP contribution in [0.1, 0.15) is 18.0 Å². The molecule has 0 aliphatic carbocycles. The molecule has 1 nitrogen and oxygen atoms in total. The predicted octanol–water partition coefficient (Wildman–Crippen LogP) is 2.62. The first-order chi connectivity index (χ1) is 6.50. The smallest absolute Gasteiger partial charge is 0.240 e. The molecule has 0 saturated carbocycles. The molecule has 1 aromatic rings. The Morgan fingerprint density at radius 2 is 1.86 bits per heavy atom. The summed E-state index contributed by atoms with van der Waals surface area (Å²) in [4.78, 5) is 0. The van der Waals surface area contributed by atoms with E-state index in [4.69, 9.17) is 5.73 Å². The summed E-state index contributed by atoms with van der Waals surface area (Å²) in [6.07, 6.45) is -3.24. The van der Waals surface area contributed by atoms with Crippen molar-refractivity contribution in [1.29, 1.82) is 0 Å². The van der Waals surface area contributed by atoms with Crippen LogP contribution in [0.2, 0.25) is 0 Å². The summed E-state index contributed by atoms with van der Waals surface area (Å²) in [5.74, 6) is -1.64. The molecule has 0 saturated heterocycles. The van der Waals surface area contributed by atoms with E-state index in [1.54, 1.807) is 0 Å². The van der Waals surface area contributed by atoms with Crippen LogP contribution in [-0.4, -0.2) is 6.43 Å². The summed E-state index contributed by atoms with van der Waals surface area (Å²) >= 11 is 0. The second kappa shape index (κ2) is 4.41. The van der Waals surface area contributed by atoms with Crippen LogP contribution in [0.5, 0.6) is 0 Å². The van der Waals surface area contributed by atoms with E-state index in [9.17, 15) is 17.6 Å². The fraction of sp³-hybridized carbons (Fsp3) is 0.333. The van der Waals surface area contributed by atoms with Gasteiger partial charge in [-0.05, 0) is 6.07 Å². The fourth-order valence-electron chi connectivity index (χ4n) is 1.12. The third-order valence-corrected chi connectivity index (χ3v) is 1.79. The average molecular weight is 207 g/mol. The van der Waals surface area contributed by atoms with Gasteiger partial charge in [-0.2, -0.15) is 0 Å². The van der Waals surface area contributed by atoms with E-state index >= 15 is 0 Å². The molecule has 5 heteroatoms. The Morgan fingerprint density at radius 3 is 2.36 bits per heavy atom. The summed E-state index contributed by atoms with van der Waals surface area (Å²) in [6.45, 7) is 0. The van der Waals surface area contributed by atoms with Gasteiger partial charge in [0.2, 0.25) is 6.43 Å². The molecule has 0 aliphatic rings. The lowest BCUT2D eigenvalue weighted by Crippen LogP contribution is -2.15. The molecule has 14 heavy (non-hydrogen) atoms. The number of nitrogens with two attached hydrogens (primary N) is 1. The largest absolute Gasteiger partial charge is 0.324 e. The van der Waals surface area contributed by atoms with Crippen molar-refractivity contribution in [1.82, 2.24) is 0 Å². The van der Waals surface area contributed by atoms with Crippen LogP contribution in [-0.2, 0) is 0 Å². The zero-order valence-electron chi connectivity index (χ0n) is 7.18. The molecule has 0 aliphatic heterocycles. The van der Waals surface area contributed by atoms with Gasteiger partial charge in [-0.3, -0.25) is 0 Å². The van der Waals surface area contributed by atoms with E-state index in [0.717, 1.165) is 12.1 Å². The van der Waals surface area contributed by atoms with Crippen LogP contribution in [0.25, 0.3) is 0 Å². The molecule has 0 heterocycles. The molecule has 1 atom stereocenters. The fourth-order valence-corrected chi connectivity index (χ4v) is 1.12. The summed E-state index contributed by atoms with van der Waals surface area (Å²) in [5.41, 5.74) is 5.21. The number of alkyl halides is 2. The van der Waals surface area contributed by atoms with Crippen LogP contribution in [0.15, 0.2) is 18.2 Å². The molecule has 0 bridgehead atoms. The van der Waals surface area contributed by atoms with Gasteiger partial charge in [0, 0.05) is 24.1 Å². The van der Waals surface area contributed by atoms with Gasteiger partial charge in [-0.1, -0.05) is 6.07 Å². The number of hydrogen-bond donors (Lipinski definition) is 1. The summed E-state index contributed by atoms with van der Waals surface area (Å²) in [7, 11) is 0. The van der Waals surface area contributed by atoms with Crippen LogP contribution in [0, 0.1) is 11.6 Å². The lowest BCUT2D eigenvalue weighted by atomic mass is 10.0. The molecule has 78 valence electrons. The van der Waals surface area contributed by atoms with Gasteiger partial charge in [0.05, 0.1) is 0 Å². The lowest BCUT2D eigenvalue weighted by molar-refractivity contribution is 0.128. The molecular weight excluding hydrogens is 198 g/mol. The van der Waals surface area contributed by atoms with Crippen LogP contribution >= 0.6 is 0 Å². The van der Waals surface area contributed by atoms with Crippen LogP contribution in [0.3, 0.4) is 0 Å². The summed E-state index contributed by atoms with van der Waals surface area (Å²) in [6, 6.07) is 1.60. The van der Waals surface area contributed by atoms with Gasteiger partial charge in [-0.25, -0.2) is 17.6 Å². The van der Waals surface area contributed by atoms with Crippen molar-refractivity contribution in [2.24, 2.45) is 5.73 Å². The van der Waals surface area contributed by atoms with Crippen molar-refractivity contribution in [2.75, 3.05) is 0 Å². The molecule has 0 radical (unpaired) electrons. The maximum Gasteiger partial charge on any atom is 0.240 e. The van der Waals surface area contributed by atoms with Gasteiger partial charge in [0.25, 0.3) is 0 Å². The molecular formula is C9H9F4N. The Labute approximate surface area is 78.5 Å². The minimum absolute atomic E-state index is 0.0910. The molecule has 2 N–H and O–H groups in total. The highest BCUT2D eigenvalue weighted by atomic mass is 19.3. The Bertz CT molecular complexity index is 314. The van der Waals surface area contributed by atoms with E-state index < -0.39 is 30.5 Å². The summed E-state index contributed by atoms with van der Waals surface area (Å²) < 4.78 is 49.2. The van der Waals surface area contributed by atoms with Crippen molar-refractivity contribution in [3.8, 4) is 0 Å². The number of hydrogen-bond acceptors (Lipinski definition) is 1. The van der Waals surface area contributed by atoms with Gasteiger partial charge in [0.15, 0.2) is 0 Å². The highest BCUT2D eigenvalue weighted by Gasteiger charge is 2.16. The topological polar surface area (TPSA) is 26.0 Å². The van der Waals surface area contributed by atoms with Gasteiger partial charge < -0.3 is 5.73 Å². The number of rotatable bonds is 3. The predicted molar refractivity (Wildman–Crippen MR) is 43.9 cm³/mol. The minimum atomic E-state index is -2.60. The maximum atomic E-state index is 13.0. The first-order valence-electron chi connectivity index (χ1n) is 3.99. The van der Waals surface area contributed by atoms with E-state index in [1.807, 2.05) is 0 Å². The third kappa shape index (κ3) is 2.70. The second-order valence-corrected chi connectivity index (χ2v) is 2.90. The maximum absolute atomic E-state index is 13.0. The number of halogens is 4. The van der Waals surface area contributed by atoms with Crippen molar-refractivity contribution in [3.63, 3.8) is 0 Å². The molecule has 0 aromatic heterocycles. The number of benzene rings is 1. The average Bonchev–Trinajstić information content (AvgIpc) is 2.01. The van der Waals surface area contributed by atoms with Gasteiger partial charge in [0.1, 0.15) is 11.6 Å². The molecule has 1 rings (SSSR count). The van der Waals surface area contributed by atoms with Gasteiger partial charge in [-0.15, -0.1) is 0 Å². The van der Waals surface area contributed by atoms with E-state index in [-0.39, 0.29) is 5.56 Å². The van der Waals surface area contributed by atoms with E-state index in [0.29, 0.717) is 6.07 Å². The molecule has 0 fully saturated rings. The standard InChI is InChI=1S/C9H9F4N/c10-5-1-2-6(7(11)3-5)8(14)4-9(12)13/h1-3,8-9H,4,14H2/t8-/m1/s1. The Morgan fingerprint density at radius 1 is 1.21 bits per heavy atom. The molecule has 0 amide bonds. The van der Waals surface area contributed by atoms with Crippen LogP contribution < -0.4 is 5.73 Å². The zero-order chi connectivity index (χ0) is 10.7. The quantitative estimate of drug-likeness (QED) is 0.757. The Hall–Kier alpha value is -1.10. The Balaban J connectivity index is 2.84. The van der Waals surface area contributed by atoms with Crippen molar-refractivity contribution >= 4 is 0 Å².